The van der Waals surface area contributed by atoms with E-state index in [-0.39, 0.29) is 37.2 Å². The number of aromatic nitrogens is 2. The Morgan fingerprint density at radius 2 is 1.73 bits per heavy atom. The highest BCUT2D eigenvalue weighted by molar-refractivity contribution is 7.98. The van der Waals surface area contributed by atoms with Crippen LogP contribution in [-0.2, 0) is 27.6 Å². The van der Waals surface area contributed by atoms with E-state index in [0.717, 1.165) is 84.5 Å². The van der Waals surface area contributed by atoms with Gasteiger partial charge in [0.2, 0.25) is 0 Å². The predicted molar refractivity (Wildman–Crippen MR) is 324 cm³/mol. The Bertz CT molecular complexity index is 3380. The molecule has 4 aromatic carbocycles. The minimum atomic E-state index is -4.50. The maximum atomic E-state index is 14.8. The third-order valence-corrected chi connectivity index (χ3v) is 18.5. The number of nitrogens with one attached hydrogen (secondary N) is 1. The summed E-state index contributed by atoms with van der Waals surface area (Å²) in [6.45, 7) is 12.1. The van der Waals surface area contributed by atoms with Gasteiger partial charge in [-0.1, -0.05) is 35.3 Å². The lowest BCUT2D eigenvalue weighted by Gasteiger charge is -2.38. The smallest absolute Gasteiger partial charge is 0.406 e. The van der Waals surface area contributed by atoms with E-state index in [1.165, 1.54) is 7.11 Å². The highest BCUT2D eigenvalue weighted by Gasteiger charge is 2.31. The number of amides is 1. The van der Waals surface area contributed by atoms with E-state index >= 15 is 0 Å². The second-order valence-electron chi connectivity index (χ2n) is 22.2. The topological polar surface area (TPSA) is 178 Å². The van der Waals surface area contributed by atoms with E-state index in [1.54, 1.807) is 42.5 Å². The SMILES string of the molecule is C=S(=O)(c1ccc(NCC#Cc2cc3c([N-]CC4CCN(C)C[C@@H]4F)cccc3n2CC(F)(F)F)c(OC)c1)N1CCN(CC2CCCN(C(=O)COc3cccc(CN(CC)c4cc(-c5c(C)noc5C)cc(N)c4N)c3)CCC2)CC1. The third kappa shape index (κ3) is 14.8. The quantitative estimate of drug-likeness (QED) is 0.0303. The fraction of sp³-hybridized carbons (Fsp3) is 0.468. The molecule has 3 atom stereocenters. The van der Waals surface area contributed by atoms with Gasteiger partial charge in [-0.15, -0.1) is 12.2 Å². The summed E-state index contributed by atoms with van der Waals surface area (Å²) < 4.78 is 91.3. The van der Waals surface area contributed by atoms with Crippen LogP contribution in [0.15, 0.2) is 88.3 Å². The summed E-state index contributed by atoms with van der Waals surface area (Å²) in [6.07, 6.45) is -1.08. The molecule has 6 aromatic rings. The molecule has 3 saturated heterocycles. The number of nitrogens with two attached hydrogens (primary N) is 2. The van der Waals surface area contributed by atoms with E-state index < -0.39 is 28.6 Å². The minimum Gasteiger partial charge on any atom is -0.683 e. The van der Waals surface area contributed by atoms with E-state index in [4.69, 9.17) is 25.5 Å². The number of alkyl halides is 4. The molecule has 2 aromatic heterocycles. The van der Waals surface area contributed by atoms with E-state index in [2.05, 4.69) is 50.2 Å². The summed E-state index contributed by atoms with van der Waals surface area (Å²) >= 11 is 0. The van der Waals surface area contributed by atoms with Gasteiger partial charge in [-0.3, -0.25) is 4.79 Å². The van der Waals surface area contributed by atoms with Gasteiger partial charge in [0, 0.05) is 81.4 Å². The van der Waals surface area contributed by atoms with Gasteiger partial charge in [0.1, 0.15) is 30.0 Å². The van der Waals surface area contributed by atoms with Gasteiger partial charge in [0.25, 0.3) is 5.91 Å². The van der Waals surface area contributed by atoms with Crippen molar-refractivity contribution in [3.63, 3.8) is 0 Å². The Hall–Kier alpha value is -7.12. The number of piperazine rings is 1. The lowest BCUT2D eigenvalue weighted by atomic mass is 9.94. The Kier molecular flexibility index (Phi) is 19.4. The van der Waals surface area contributed by atoms with Crippen LogP contribution in [0.25, 0.3) is 27.3 Å². The molecular formula is C62H78F4N11O5S-. The first-order valence-corrected chi connectivity index (χ1v) is 30.3. The number of ether oxygens (including phenoxy) is 2. The fourth-order valence-corrected chi connectivity index (χ4v) is 13.4. The van der Waals surface area contributed by atoms with Crippen molar-refractivity contribution in [1.82, 2.24) is 28.7 Å². The lowest BCUT2D eigenvalue weighted by molar-refractivity contribution is -0.140. The van der Waals surface area contributed by atoms with Crippen LogP contribution < -0.4 is 31.2 Å². The molecule has 2 unspecified atom stereocenters. The number of benzene rings is 4. The Balaban J connectivity index is 0.726. The second kappa shape index (κ2) is 26.6. The second-order valence-corrected chi connectivity index (χ2v) is 24.4. The number of hydrogen-bond donors (Lipinski definition) is 3. The van der Waals surface area contributed by atoms with Gasteiger partial charge < -0.3 is 60.3 Å². The van der Waals surface area contributed by atoms with Crippen molar-refractivity contribution < 1.29 is 40.6 Å². The maximum absolute atomic E-state index is 14.8. The first kappa shape index (κ1) is 60.5. The molecule has 83 heavy (non-hydrogen) atoms. The summed E-state index contributed by atoms with van der Waals surface area (Å²) in [6, 6.07) is 23.6. The van der Waals surface area contributed by atoms with E-state index in [1.807, 2.05) is 71.4 Å². The van der Waals surface area contributed by atoms with Gasteiger partial charge in [-0.2, -0.15) is 13.2 Å². The number of fused-ring (bicyclic) bond motifs is 1. The summed E-state index contributed by atoms with van der Waals surface area (Å²) in [4.78, 5) is 22.5. The summed E-state index contributed by atoms with van der Waals surface area (Å²) in [5.41, 5.74) is 19.9. The van der Waals surface area contributed by atoms with Crippen LogP contribution in [0.5, 0.6) is 11.5 Å². The fourth-order valence-electron chi connectivity index (χ4n) is 11.7. The maximum Gasteiger partial charge on any atom is 0.406 e. The molecule has 1 amide bonds. The zero-order valence-electron chi connectivity index (χ0n) is 48.3. The number of anilines is 4. The molecule has 21 heteroatoms. The van der Waals surface area contributed by atoms with Crippen LogP contribution in [0.3, 0.4) is 0 Å². The highest BCUT2D eigenvalue weighted by atomic mass is 32.2. The molecule has 0 spiro atoms. The third-order valence-electron chi connectivity index (χ3n) is 16.3. The number of carbonyl (C=O) groups is 1. The Morgan fingerprint density at radius 1 is 0.976 bits per heavy atom. The van der Waals surface area contributed by atoms with E-state index in [9.17, 15) is 26.6 Å². The molecule has 0 bridgehead atoms. The molecule has 0 radical (unpaired) electrons. The number of hydrogen-bond acceptors (Lipinski definition) is 12. The largest absolute Gasteiger partial charge is 0.683 e. The Labute approximate surface area is 485 Å². The van der Waals surface area contributed by atoms with Crippen molar-refractivity contribution in [2.24, 2.45) is 11.8 Å². The lowest BCUT2D eigenvalue weighted by Crippen LogP contribution is -2.49. The Morgan fingerprint density at radius 3 is 2.43 bits per heavy atom. The summed E-state index contributed by atoms with van der Waals surface area (Å²) in [7, 11) is 0.521. The van der Waals surface area contributed by atoms with Crippen molar-refractivity contribution in [1.29, 1.82) is 0 Å². The number of nitrogen functional groups attached to an aromatic ring is 2. The van der Waals surface area contributed by atoms with Crippen molar-refractivity contribution in [2.45, 2.75) is 83.2 Å². The van der Waals surface area contributed by atoms with Crippen LogP contribution in [0.4, 0.5) is 46.0 Å². The van der Waals surface area contributed by atoms with Gasteiger partial charge in [-0.05, 0) is 161 Å². The monoisotopic (exact) mass is 1160 g/mol. The number of rotatable bonds is 19. The number of carbonyl (C=O) groups excluding carboxylic acids is 1. The molecule has 3 fully saturated rings. The van der Waals surface area contributed by atoms with Crippen LogP contribution in [-0.4, -0.2) is 156 Å². The highest BCUT2D eigenvalue weighted by Crippen LogP contribution is 2.39. The van der Waals surface area contributed by atoms with Crippen LogP contribution in [0.1, 0.15) is 61.7 Å². The van der Waals surface area contributed by atoms with Gasteiger partial charge >= 0.3 is 6.18 Å². The van der Waals surface area contributed by atoms with Crippen molar-refractivity contribution in [2.75, 3.05) is 121 Å². The number of piperidine rings is 1. The number of likely N-dealkylation sites (tertiary alicyclic amines) is 2. The molecule has 5 heterocycles. The standard InChI is InChI=1S/C62H78F4N11O5S/c1-7-74(57-33-47(32-53(67)61(57)68)60-42(2)71-82-43(60)3)38-45-13-8-17-49(31-45)81-40-59(78)75-24-11-14-44(15-12-25-75)37-73-27-29-76(30-28-73)83(6,79)50-20-21-55(58(35-50)80-5)69-23-10-16-48-34-51-54(70-36-46-22-26-72(4)39-52(46)63)18-9-19-56(51)77(48)41-62(64,65)66/h8-9,13,17-21,31-35,44,46,52H,6-7,11-12,14-15,22-30,36-41,67-68H2,1-5H3,(H,69,79)/q-1/t46?,52-,83?/m0/s1. The van der Waals surface area contributed by atoms with Crippen LogP contribution in [0.2, 0.25) is 0 Å². The van der Waals surface area contributed by atoms with Gasteiger partial charge in [-0.25, -0.2) is 12.9 Å². The molecule has 3 aliphatic heterocycles. The molecule has 16 nitrogen and oxygen atoms in total. The predicted octanol–water partition coefficient (Wildman–Crippen LogP) is 10.1. The summed E-state index contributed by atoms with van der Waals surface area (Å²) in [5.74, 6) is 12.1. The van der Waals surface area contributed by atoms with Gasteiger partial charge in [0.05, 0.1) is 57.5 Å². The van der Waals surface area contributed by atoms with Crippen LogP contribution in [0, 0.1) is 37.5 Å². The molecule has 446 valence electrons. The van der Waals surface area contributed by atoms with Crippen LogP contribution >= 0.6 is 0 Å². The number of aryl methyl sites for hydroxylation is 2. The van der Waals surface area contributed by atoms with Crippen molar-refractivity contribution in [3.05, 3.63) is 107 Å². The van der Waals surface area contributed by atoms with Crippen molar-refractivity contribution >= 4 is 60.8 Å². The number of halogens is 4. The molecule has 9 rings (SSSR count). The molecule has 0 aliphatic carbocycles. The zero-order valence-corrected chi connectivity index (χ0v) is 49.1. The molecule has 0 saturated carbocycles. The first-order chi connectivity index (χ1) is 39.8. The summed E-state index contributed by atoms with van der Waals surface area (Å²) in [5, 5.41) is 12.5. The average molecular weight is 1170 g/mol. The molecule has 3 aliphatic rings. The minimum absolute atomic E-state index is 0.0304. The zero-order chi connectivity index (χ0) is 59.0. The van der Waals surface area contributed by atoms with Crippen molar-refractivity contribution in [3.8, 4) is 34.5 Å². The molecular weight excluding hydrogens is 1090 g/mol. The van der Waals surface area contributed by atoms with Gasteiger partial charge in [0.15, 0.2) is 6.61 Å². The normalized spacial score (nSPS) is 18.6. The number of nitrogens with zero attached hydrogens (tertiary/aromatic N) is 8. The average Bonchev–Trinajstić information content (AvgIpc) is 3.82. The van der Waals surface area contributed by atoms with E-state index in [0.29, 0.717) is 114 Å². The molecule has 5 N–H and O–H groups in total. The number of methoxy groups -OCH3 is 1. The first-order valence-electron chi connectivity index (χ1n) is 28.6.